The van der Waals surface area contributed by atoms with Crippen LogP contribution in [0.1, 0.15) is 21.5 Å². The second kappa shape index (κ2) is 8.37. The van der Waals surface area contributed by atoms with Crippen LogP contribution in [0.15, 0.2) is 53.4 Å². The van der Waals surface area contributed by atoms with Gasteiger partial charge >= 0.3 is 5.97 Å². The number of rotatable bonds is 5. The summed E-state index contributed by atoms with van der Waals surface area (Å²) in [6.07, 6.45) is 1.77. The SMILES string of the molecule is Cc1ccccc1/C=C1\SC(=S)N(CC(=O)Nc2ccc(C(=O)O)cc2)C1=O. The van der Waals surface area contributed by atoms with Crippen LogP contribution in [-0.2, 0) is 9.59 Å². The number of carbonyl (C=O) groups is 3. The number of thiocarbonyl (C=S) groups is 1. The number of carboxylic acids is 1. The van der Waals surface area contributed by atoms with E-state index in [0.29, 0.717) is 14.9 Å². The number of anilines is 1. The van der Waals surface area contributed by atoms with Crippen molar-refractivity contribution >= 4 is 57.8 Å². The topological polar surface area (TPSA) is 86.7 Å². The van der Waals surface area contributed by atoms with Gasteiger partial charge in [0.1, 0.15) is 10.9 Å². The molecule has 0 aromatic heterocycles. The van der Waals surface area contributed by atoms with E-state index in [-0.39, 0.29) is 18.0 Å². The molecule has 2 aromatic rings. The second-order valence-electron chi connectivity index (χ2n) is 6.06. The van der Waals surface area contributed by atoms with Gasteiger partial charge in [-0.3, -0.25) is 14.5 Å². The molecule has 142 valence electrons. The maximum absolute atomic E-state index is 12.6. The summed E-state index contributed by atoms with van der Waals surface area (Å²) in [6.45, 7) is 1.74. The first-order chi connectivity index (χ1) is 13.3. The van der Waals surface area contributed by atoms with Gasteiger partial charge in [-0.2, -0.15) is 0 Å². The van der Waals surface area contributed by atoms with Gasteiger partial charge in [-0.15, -0.1) is 0 Å². The number of thioether (sulfide) groups is 1. The Labute approximate surface area is 171 Å². The van der Waals surface area contributed by atoms with Crippen LogP contribution >= 0.6 is 24.0 Å². The van der Waals surface area contributed by atoms with Crippen molar-refractivity contribution < 1.29 is 19.5 Å². The molecule has 6 nitrogen and oxygen atoms in total. The van der Waals surface area contributed by atoms with Crippen molar-refractivity contribution in [2.24, 2.45) is 0 Å². The van der Waals surface area contributed by atoms with Crippen molar-refractivity contribution in [1.29, 1.82) is 0 Å². The van der Waals surface area contributed by atoms with E-state index in [1.807, 2.05) is 31.2 Å². The molecule has 1 saturated heterocycles. The van der Waals surface area contributed by atoms with Crippen molar-refractivity contribution in [1.82, 2.24) is 4.90 Å². The molecule has 3 rings (SSSR count). The molecule has 2 amide bonds. The van der Waals surface area contributed by atoms with Gasteiger partial charge < -0.3 is 10.4 Å². The van der Waals surface area contributed by atoms with Crippen molar-refractivity contribution in [3.05, 3.63) is 70.1 Å². The Kier molecular flexibility index (Phi) is 5.91. The number of amides is 2. The van der Waals surface area contributed by atoms with E-state index >= 15 is 0 Å². The number of carbonyl (C=O) groups excluding carboxylic acids is 2. The smallest absolute Gasteiger partial charge is 0.335 e. The van der Waals surface area contributed by atoms with Crippen molar-refractivity contribution in [3.8, 4) is 0 Å². The van der Waals surface area contributed by atoms with Crippen LogP contribution in [-0.4, -0.2) is 38.7 Å². The van der Waals surface area contributed by atoms with Gasteiger partial charge in [0.25, 0.3) is 5.91 Å². The third-order valence-corrected chi connectivity index (χ3v) is 5.44. The number of aromatic carboxylic acids is 1. The summed E-state index contributed by atoms with van der Waals surface area (Å²) in [6, 6.07) is 13.4. The Balaban J connectivity index is 1.68. The van der Waals surface area contributed by atoms with E-state index < -0.39 is 11.9 Å². The normalized spacial score (nSPS) is 15.2. The van der Waals surface area contributed by atoms with Crippen LogP contribution in [0, 0.1) is 6.92 Å². The van der Waals surface area contributed by atoms with Gasteiger partial charge in [-0.25, -0.2) is 4.79 Å². The number of benzene rings is 2. The molecule has 1 fully saturated rings. The molecule has 1 heterocycles. The molecule has 2 N–H and O–H groups in total. The highest BCUT2D eigenvalue weighted by molar-refractivity contribution is 8.26. The average molecular weight is 412 g/mol. The lowest BCUT2D eigenvalue weighted by molar-refractivity contribution is -0.126. The molecule has 0 saturated carbocycles. The number of nitrogens with one attached hydrogen (secondary N) is 1. The summed E-state index contributed by atoms with van der Waals surface area (Å²) in [5.41, 5.74) is 2.52. The molecule has 1 aliphatic heterocycles. The van der Waals surface area contributed by atoms with E-state index in [9.17, 15) is 14.4 Å². The third kappa shape index (κ3) is 4.47. The van der Waals surface area contributed by atoms with E-state index in [1.54, 1.807) is 6.08 Å². The minimum atomic E-state index is -1.05. The van der Waals surface area contributed by atoms with Gasteiger partial charge in [0, 0.05) is 5.69 Å². The highest BCUT2D eigenvalue weighted by Gasteiger charge is 2.33. The maximum atomic E-state index is 12.6. The van der Waals surface area contributed by atoms with Gasteiger partial charge in [-0.05, 0) is 48.4 Å². The minimum Gasteiger partial charge on any atom is -0.478 e. The summed E-state index contributed by atoms with van der Waals surface area (Å²) in [5, 5.41) is 11.5. The molecule has 8 heteroatoms. The Morgan fingerprint density at radius 2 is 1.86 bits per heavy atom. The first kappa shape index (κ1) is 19.8. The summed E-state index contributed by atoms with van der Waals surface area (Å²) in [7, 11) is 0. The lowest BCUT2D eigenvalue weighted by Gasteiger charge is -2.14. The Hall–Kier alpha value is -2.97. The fourth-order valence-corrected chi connectivity index (χ4v) is 3.81. The number of hydrogen-bond donors (Lipinski definition) is 2. The number of carboxylic acid groups (broad SMARTS) is 1. The lowest BCUT2D eigenvalue weighted by atomic mass is 10.1. The predicted octanol–water partition coefficient (Wildman–Crippen LogP) is 3.53. The molecule has 0 spiro atoms. The fourth-order valence-electron chi connectivity index (χ4n) is 2.57. The van der Waals surface area contributed by atoms with E-state index in [4.69, 9.17) is 17.3 Å². The quantitative estimate of drug-likeness (QED) is 0.577. The molecular weight excluding hydrogens is 396 g/mol. The largest absolute Gasteiger partial charge is 0.478 e. The third-order valence-electron chi connectivity index (χ3n) is 4.07. The minimum absolute atomic E-state index is 0.122. The summed E-state index contributed by atoms with van der Waals surface area (Å²) >= 11 is 6.42. The van der Waals surface area contributed by atoms with Crippen LogP contribution in [0.4, 0.5) is 5.69 Å². The first-order valence-corrected chi connectivity index (χ1v) is 9.52. The molecule has 2 aromatic carbocycles. The zero-order chi connectivity index (χ0) is 20.3. The number of hydrogen-bond acceptors (Lipinski definition) is 5. The maximum Gasteiger partial charge on any atom is 0.335 e. The zero-order valence-electron chi connectivity index (χ0n) is 14.8. The molecule has 0 radical (unpaired) electrons. The van der Waals surface area contributed by atoms with Crippen molar-refractivity contribution in [2.75, 3.05) is 11.9 Å². The summed E-state index contributed by atoms with van der Waals surface area (Å²) < 4.78 is 0.321. The molecule has 28 heavy (non-hydrogen) atoms. The zero-order valence-corrected chi connectivity index (χ0v) is 16.5. The van der Waals surface area contributed by atoms with Crippen LogP contribution in [0.3, 0.4) is 0 Å². The number of aryl methyl sites for hydroxylation is 1. The monoisotopic (exact) mass is 412 g/mol. The summed E-state index contributed by atoms with van der Waals surface area (Å²) in [4.78, 5) is 37.5. The Morgan fingerprint density at radius 1 is 1.18 bits per heavy atom. The van der Waals surface area contributed by atoms with Crippen LogP contribution < -0.4 is 5.32 Å². The van der Waals surface area contributed by atoms with Crippen LogP contribution in [0.5, 0.6) is 0 Å². The highest BCUT2D eigenvalue weighted by Crippen LogP contribution is 2.32. The Bertz CT molecular complexity index is 1000. The van der Waals surface area contributed by atoms with Crippen molar-refractivity contribution in [2.45, 2.75) is 6.92 Å². The van der Waals surface area contributed by atoms with Crippen molar-refractivity contribution in [3.63, 3.8) is 0 Å². The number of nitrogens with zero attached hydrogens (tertiary/aromatic N) is 1. The molecular formula is C20H16N2O4S2. The molecule has 0 atom stereocenters. The fraction of sp³-hybridized carbons (Fsp3) is 0.100. The molecule has 0 bridgehead atoms. The van der Waals surface area contributed by atoms with Crippen LogP contribution in [0.25, 0.3) is 6.08 Å². The van der Waals surface area contributed by atoms with E-state index in [2.05, 4.69) is 5.32 Å². The highest BCUT2D eigenvalue weighted by atomic mass is 32.2. The van der Waals surface area contributed by atoms with Gasteiger partial charge in [0.2, 0.25) is 5.91 Å². The van der Waals surface area contributed by atoms with E-state index in [1.165, 1.54) is 29.2 Å². The Morgan fingerprint density at radius 3 is 2.50 bits per heavy atom. The van der Waals surface area contributed by atoms with Gasteiger partial charge in [0.05, 0.1) is 10.5 Å². The van der Waals surface area contributed by atoms with Gasteiger partial charge in [0.15, 0.2) is 0 Å². The standard InChI is InChI=1S/C20H16N2O4S2/c1-12-4-2-3-5-14(12)10-16-18(24)22(20(27)28-16)11-17(23)21-15-8-6-13(7-9-15)19(25)26/h2-10H,11H2,1H3,(H,21,23)(H,25,26)/b16-10-. The summed E-state index contributed by atoms with van der Waals surface area (Å²) in [5.74, 6) is -1.78. The van der Waals surface area contributed by atoms with Gasteiger partial charge in [-0.1, -0.05) is 48.2 Å². The predicted molar refractivity (Wildman–Crippen MR) is 113 cm³/mol. The first-order valence-electron chi connectivity index (χ1n) is 8.29. The lowest BCUT2D eigenvalue weighted by Crippen LogP contribution is -2.36. The molecule has 0 unspecified atom stereocenters. The van der Waals surface area contributed by atoms with E-state index in [0.717, 1.165) is 22.9 Å². The average Bonchev–Trinajstić information content (AvgIpc) is 2.91. The molecule has 1 aliphatic rings. The van der Waals surface area contributed by atoms with Crippen LogP contribution in [0.2, 0.25) is 0 Å². The second-order valence-corrected chi connectivity index (χ2v) is 7.73. The molecule has 0 aliphatic carbocycles.